The van der Waals surface area contributed by atoms with Gasteiger partial charge in [0.05, 0.1) is 6.54 Å². The van der Waals surface area contributed by atoms with Crippen molar-refractivity contribution in [1.82, 2.24) is 19.9 Å². The maximum absolute atomic E-state index is 14.3. The van der Waals surface area contributed by atoms with Crippen molar-refractivity contribution in [2.75, 3.05) is 6.54 Å². The van der Waals surface area contributed by atoms with Gasteiger partial charge in [0.25, 0.3) is 5.91 Å². The summed E-state index contributed by atoms with van der Waals surface area (Å²) in [4.78, 5) is 39.9. The minimum Gasteiger partial charge on any atom is -0.473 e. The predicted molar refractivity (Wildman–Crippen MR) is 157 cm³/mol. The number of carboxylic acid groups (broad SMARTS) is 2. The van der Waals surface area contributed by atoms with E-state index in [9.17, 15) is 9.18 Å². The number of aromatic nitrogens is 3. The van der Waals surface area contributed by atoms with Crippen LogP contribution in [0.2, 0.25) is 0 Å². The number of thioether (sulfide) groups is 1. The molecular weight excluding hydrogens is 559 g/mol. The van der Waals surface area contributed by atoms with Crippen molar-refractivity contribution < 1.29 is 29.0 Å². The Hall–Kier alpha value is -5.03. The number of benzene rings is 3. The van der Waals surface area contributed by atoms with Crippen LogP contribution in [0.1, 0.15) is 27.0 Å². The van der Waals surface area contributed by atoms with Gasteiger partial charge < -0.3 is 15.5 Å². The number of imidazole rings is 1. The molecule has 42 heavy (non-hydrogen) atoms. The number of amides is 1. The first kappa shape index (κ1) is 29.9. The fourth-order valence-electron chi connectivity index (χ4n) is 3.95. The molecule has 9 nitrogen and oxygen atoms in total. The Bertz CT molecular complexity index is 1660. The van der Waals surface area contributed by atoms with Crippen LogP contribution >= 0.6 is 11.8 Å². The number of fused-ring (bicyclic) bond motifs is 1. The number of aliphatic carboxylic acids is 2. The molecule has 5 aromatic rings. The maximum Gasteiger partial charge on any atom is 0.414 e. The first-order chi connectivity index (χ1) is 20.3. The third kappa shape index (κ3) is 8.24. The summed E-state index contributed by atoms with van der Waals surface area (Å²) in [7, 11) is 0. The lowest BCUT2D eigenvalue weighted by molar-refractivity contribution is -0.159. The van der Waals surface area contributed by atoms with E-state index in [0.717, 1.165) is 28.3 Å². The number of carbonyl (C=O) groups is 3. The van der Waals surface area contributed by atoms with Crippen molar-refractivity contribution in [3.63, 3.8) is 0 Å². The monoisotopic (exact) mass is 586 g/mol. The minimum atomic E-state index is -1.82. The molecule has 0 bridgehead atoms. The molecule has 0 spiro atoms. The van der Waals surface area contributed by atoms with Gasteiger partial charge in [0.2, 0.25) is 0 Å². The second-order valence-electron chi connectivity index (χ2n) is 9.01. The van der Waals surface area contributed by atoms with Crippen LogP contribution in [0.4, 0.5) is 4.39 Å². The van der Waals surface area contributed by atoms with Gasteiger partial charge in [0.15, 0.2) is 10.8 Å². The molecule has 3 aromatic carbocycles. The van der Waals surface area contributed by atoms with Crippen LogP contribution in [0.3, 0.4) is 0 Å². The van der Waals surface area contributed by atoms with E-state index in [1.165, 1.54) is 11.6 Å². The third-order valence-electron chi connectivity index (χ3n) is 6.06. The Kier molecular flexibility index (Phi) is 10.4. The number of pyridine rings is 1. The Labute approximate surface area is 245 Å². The molecule has 3 N–H and O–H groups in total. The van der Waals surface area contributed by atoms with E-state index in [1.807, 2.05) is 65.2 Å². The van der Waals surface area contributed by atoms with E-state index < -0.39 is 11.9 Å². The summed E-state index contributed by atoms with van der Waals surface area (Å²) in [5, 5.41) is 18.5. The number of halogens is 1. The number of hydrogen-bond acceptors (Lipinski definition) is 6. The van der Waals surface area contributed by atoms with Crippen molar-refractivity contribution in [2.45, 2.75) is 23.9 Å². The summed E-state index contributed by atoms with van der Waals surface area (Å²) in [6.07, 6.45) is 2.52. The molecule has 1 amide bonds. The van der Waals surface area contributed by atoms with Gasteiger partial charge in [-0.15, -0.1) is 0 Å². The van der Waals surface area contributed by atoms with Gasteiger partial charge in [-0.1, -0.05) is 72.4 Å². The molecule has 0 aliphatic heterocycles. The Morgan fingerprint density at radius 1 is 0.833 bits per heavy atom. The molecule has 2 heterocycles. The second-order valence-corrected chi connectivity index (χ2v) is 9.95. The summed E-state index contributed by atoms with van der Waals surface area (Å²) in [6, 6.07) is 28.2. The van der Waals surface area contributed by atoms with Crippen LogP contribution in [0.25, 0.3) is 11.2 Å². The normalized spacial score (nSPS) is 10.5. The molecule has 11 heteroatoms. The van der Waals surface area contributed by atoms with Crippen LogP contribution in [-0.2, 0) is 28.3 Å². The summed E-state index contributed by atoms with van der Waals surface area (Å²) in [5.41, 5.74) is 4.99. The van der Waals surface area contributed by atoms with E-state index >= 15 is 0 Å². The molecule has 0 fully saturated rings. The van der Waals surface area contributed by atoms with Crippen LogP contribution in [0, 0.1) is 5.82 Å². The lowest BCUT2D eigenvalue weighted by atomic mass is 10.1. The molecule has 0 unspecified atom stereocenters. The van der Waals surface area contributed by atoms with Crippen LogP contribution in [0.15, 0.2) is 102 Å². The van der Waals surface area contributed by atoms with Crippen molar-refractivity contribution in [2.24, 2.45) is 0 Å². The minimum absolute atomic E-state index is 0.0807. The molecule has 0 saturated heterocycles. The van der Waals surface area contributed by atoms with Gasteiger partial charge in [-0.2, -0.15) is 0 Å². The summed E-state index contributed by atoms with van der Waals surface area (Å²) < 4.78 is 16.3. The largest absolute Gasteiger partial charge is 0.473 e. The number of carbonyl (C=O) groups excluding carboxylic acids is 1. The van der Waals surface area contributed by atoms with Crippen molar-refractivity contribution >= 4 is 40.8 Å². The van der Waals surface area contributed by atoms with E-state index in [4.69, 9.17) is 24.8 Å². The summed E-state index contributed by atoms with van der Waals surface area (Å²) in [5.74, 6) is -3.31. The molecule has 2 aromatic heterocycles. The standard InChI is InChI=1S/C29H25FN4OS.C2H2O4/c30-25-10-5-4-9-24(25)19-34-27-26(11-6-17-31-27)33-29(34)36-20-22-12-14-23(15-13-22)28(35)32-18-16-21-7-2-1-3-8-21;3-1(4)2(5)6/h1-15,17H,16,18-20H2,(H,32,35);(H,3,4)(H,5,6). The highest BCUT2D eigenvalue weighted by Crippen LogP contribution is 2.27. The highest BCUT2D eigenvalue weighted by Gasteiger charge is 2.15. The Morgan fingerprint density at radius 3 is 2.21 bits per heavy atom. The SMILES string of the molecule is O=C(NCCc1ccccc1)c1ccc(CSc2nc3cccnc3n2Cc2ccccc2F)cc1.O=C(O)C(=O)O. The molecule has 214 valence electrons. The van der Waals surface area contributed by atoms with Crippen molar-refractivity contribution in [1.29, 1.82) is 0 Å². The Morgan fingerprint density at radius 2 is 1.52 bits per heavy atom. The van der Waals surface area contributed by atoms with Crippen molar-refractivity contribution in [3.8, 4) is 0 Å². The van der Waals surface area contributed by atoms with E-state index in [-0.39, 0.29) is 11.7 Å². The predicted octanol–water partition coefficient (Wildman–Crippen LogP) is 5.04. The number of carboxylic acids is 2. The fourth-order valence-corrected chi connectivity index (χ4v) is 4.91. The summed E-state index contributed by atoms with van der Waals surface area (Å²) >= 11 is 1.57. The first-order valence-electron chi connectivity index (χ1n) is 12.9. The number of rotatable bonds is 9. The Balaban J connectivity index is 0.000000612. The van der Waals surface area contributed by atoms with Gasteiger partial charge in [-0.3, -0.25) is 9.36 Å². The van der Waals surface area contributed by atoms with Crippen LogP contribution in [0.5, 0.6) is 0 Å². The molecule has 0 aliphatic carbocycles. The van der Waals surface area contributed by atoms with Gasteiger partial charge in [0, 0.05) is 29.6 Å². The highest BCUT2D eigenvalue weighted by molar-refractivity contribution is 7.98. The third-order valence-corrected chi connectivity index (χ3v) is 7.11. The molecular formula is C31H27FN4O5S. The van der Waals surface area contributed by atoms with E-state index in [2.05, 4.69) is 22.4 Å². The van der Waals surface area contributed by atoms with E-state index in [1.54, 1.807) is 30.1 Å². The van der Waals surface area contributed by atoms with Crippen LogP contribution < -0.4 is 5.32 Å². The number of nitrogens with one attached hydrogen (secondary N) is 1. The quantitative estimate of drug-likeness (QED) is 0.162. The molecule has 0 aliphatic rings. The maximum atomic E-state index is 14.3. The topological polar surface area (TPSA) is 134 Å². The van der Waals surface area contributed by atoms with E-state index in [0.29, 0.717) is 30.0 Å². The lowest BCUT2D eigenvalue weighted by Crippen LogP contribution is -2.25. The zero-order valence-electron chi connectivity index (χ0n) is 22.3. The van der Waals surface area contributed by atoms with Gasteiger partial charge in [-0.25, -0.2) is 23.9 Å². The van der Waals surface area contributed by atoms with Crippen LogP contribution in [-0.4, -0.2) is 49.1 Å². The number of hydrogen-bond donors (Lipinski definition) is 3. The van der Waals surface area contributed by atoms with Gasteiger partial charge in [-0.05, 0) is 47.9 Å². The zero-order valence-corrected chi connectivity index (χ0v) is 23.1. The zero-order chi connectivity index (χ0) is 29.9. The molecule has 0 saturated carbocycles. The second kappa shape index (κ2) is 14.6. The lowest BCUT2D eigenvalue weighted by Gasteiger charge is -2.10. The fraction of sp³-hybridized carbons (Fsp3) is 0.129. The van der Waals surface area contributed by atoms with Gasteiger partial charge >= 0.3 is 11.9 Å². The van der Waals surface area contributed by atoms with Gasteiger partial charge in [0.1, 0.15) is 11.3 Å². The smallest absolute Gasteiger partial charge is 0.414 e. The first-order valence-corrected chi connectivity index (χ1v) is 13.8. The molecule has 0 radical (unpaired) electrons. The molecule has 5 rings (SSSR count). The highest BCUT2D eigenvalue weighted by atomic mass is 32.2. The summed E-state index contributed by atoms with van der Waals surface area (Å²) in [6.45, 7) is 0.942. The number of nitrogens with zero attached hydrogens (tertiary/aromatic N) is 3. The average molecular weight is 587 g/mol. The average Bonchev–Trinajstić information content (AvgIpc) is 3.35. The molecule has 0 atom stereocenters. The van der Waals surface area contributed by atoms with Crippen molar-refractivity contribution in [3.05, 3.63) is 125 Å².